The fourth-order valence-corrected chi connectivity index (χ4v) is 0. The maximum atomic E-state index is 8.06. The van der Waals surface area contributed by atoms with E-state index in [4.69, 9.17) is 10.2 Å². The van der Waals surface area contributed by atoms with E-state index in [1.54, 1.807) is 13.8 Å². The third-order valence-electron chi connectivity index (χ3n) is 0.224. The van der Waals surface area contributed by atoms with Crippen molar-refractivity contribution in [3.05, 3.63) is 0 Å². The summed E-state index contributed by atoms with van der Waals surface area (Å²) in [5.74, 6) is 0. The number of rotatable bonds is 1. The molecule has 0 radical (unpaired) electrons. The van der Waals surface area contributed by atoms with Crippen LogP contribution in [-0.4, -0.2) is 22.9 Å². The maximum Gasteiger partial charge on any atom is 0.0483 e. The second kappa shape index (κ2) is 44.4. The minimum absolute atomic E-state index is 0. The molecule has 2 N–H and O–H groups in total. The highest BCUT2D eigenvalue weighted by Gasteiger charge is 1.69. The fourth-order valence-electron chi connectivity index (χ4n) is 0. The summed E-state index contributed by atoms with van der Waals surface area (Å²) in [6.45, 7) is 5.69. The number of hydrogen-bond acceptors (Lipinski definition) is 2. The fraction of sp³-hybridized carbons (Fsp3) is 1.00. The van der Waals surface area contributed by atoms with Gasteiger partial charge in [0, 0.05) is 12.7 Å². The summed E-state index contributed by atoms with van der Waals surface area (Å²) in [5, 5.41) is 15.9. The first-order valence-electron chi connectivity index (χ1n) is 2.94. The van der Waals surface area contributed by atoms with E-state index in [1.807, 2.05) is 6.92 Å². The predicted molar refractivity (Wildman–Crippen MR) is 61.7 cm³/mol. The largest absolute Gasteiger partial charge is 0.396 e. The van der Waals surface area contributed by atoms with E-state index < -0.39 is 0 Å². The van der Waals surface area contributed by atoms with Crippen LogP contribution in [0.25, 0.3) is 0 Å². The zero-order chi connectivity index (χ0) is 6.99. The Labute approximate surface area is 80.6 Å². The summed E-state index contributed by atoms with van der Waals surface area (Å²) in [7, 11) is 0. The van der Waals surface area contributed by atoms with Crippen molar-refractivity contribution in [2.75, 3.05) is 6.61 Å². The van der Waals surface area contributed by atoms with Crippen LogP contribution in [0.5, 0.6) is 0 Å². The summed E-state index contributed by atoms with van der Waals surface area (Å²) < 4.78 is 0. The highest BCUT2D eigenvalue weighted by molar-refractivity contribution is 4.20. The van der Waals surface area contributed by atoms with Gasteiger partial charge >= 0.3 is 0 Å². The minimum Gasteiger partial charge on any atom is -0.396 e. The Bertz CT molecular complexity index is 24.3. The average Bonchev–Trinajstić information content (AvgIpc) is 1.65. The first kappa shape index (κ1) is 40.6. The van der Waals surface area contributed by atoms with Crippen molar-refractivity contribution < 1.29 is 10.2 Å². The topological polar surface area (TPSA) is 40.5 Å². The SMILES string of the molecule is C.C.C.C.CC(C)O.CCCO. The highest BCUT2D eigenvalue weighted by atomic mass is 16.3. The molecule has 0 aliphatic carbocycles. The van der Waals surface area contributed by atoms with Gasteiger partial charge in [-0.05, 0) is 20.3 Å². The molecule has 0 amide bonds. The molecule has 0 aromatic carbocycles. The Balaban J connectivity index is -0.0000000112. The number of hydrogen-bond donors (Lipinski definition) is 2. The molecule has 0 aliphatic rings. The third-order valence-corrected chi connectivity index (χ3v) is 0.224. The summed E-state index contributed by atoms with van der Waals surface area (Å²) in [6.07, 6.45) is 0.708. The predicted octanol–water partition coefficient (Wildman–Crippen LogP) is 3.32. The average molecular weight is 184 g/mol. The molecule has 12 heavy (non-hydrogen) atoms. The van der Waals surface area contributed by atoms with E-state index >= 15 is 0 Å². The second-order valence-electron chi connectivity index (χ2n) is 1.82. The molecule has 0 heterocycles. The Kier molecular flexibility index (Phi) is 150. The van der Waals surface area contributed by atoms with E-state index in [0.29, 0.717) is 6.61 Å². The normalized spacial score (nSPS) is 5.50. The van der Waals surface area contributed by atoms with E-state index in [2.05, 4.69) is 0 Å². The molecular formula is C10H32O2. The highest BCUT2D eigenvalue weighted by Crippen LogP contribution is 1.65. The molecule has 2 nitrogen and oxygen atoms in total. The van der Waals surface area contributed by atoms with Crippen molar-refractivity contribution in [3.8, 4) is 0 Å². The van der Waals surface area contributed by atoms with Crippen molar-refractivity contribution in [1.29, 1.82) is 0 Å². The molecule has 2 heteroatoms. The van der Waals surface area contributed by atoms with E-state index in [0.717, 1.165) is 6.42 Å². The minimum atomic E-state index is -0.167. The van der Waals surface area contributed by atoms with Gasteiger partial charge in [-0.1, -0.05) is 36.6 Å². The van der Waals surface area contributed by atoms with Crippen molar-refractivity contribution in [2.24, 2.45) is 0 Å². The van der Waals surface area contributed by atoms with E-state index in [9.17, 15) is 0 Å². The van der Waals surface area contributed by atoms with Crippen molar-refractivity contribution in [3.63, 3.8) is 0 Å². The molecule has 0 spiro atoms. The lowest BCUT2D eigenvalue weighted by molar-refractivity contribution is 0.216. The number of aliphatic hydroxyl groups excluding tert-OH is 2. The summed E-state index contributed by atoms with van der Waals surface area (Å²) in [5.41, 5.74) is 0. The van der Waals surface area contributed by atoms with Crippen molar-refractivity contribution in [2.45, 2.75) is 63.0 Å². The van der Waals surface area contributed by atoms with Crippen LogP contribution in [0.1, 0.15) is 56.9 Å². The standard InChI is InChI=1S/2C3H8O.4CH4/c1-3(2)4;1-2-3-4;;;;/h3-4H,1-2H3;4H,2-3H2,1H3;4*1H4. The monoisotopic (exact) mass is 184 g/mol. The van der Waals surface area contributed by atoms with Gasteiger partial charge in [0.1, 0.15) is 0 Å². The van der Waals surface area contributed by atoms with Gasteiger partial charge in [0.25, 0.3) is 0 Å². The van der Waals surface area contributed by atoms with Crippen LogP contribution in [0.2, 0.25) is 0 Å². The van der Waals surface area contributed by atoms with Crippen LogP contribution in [-0.2, 0) is 0 Å². The van der Waals surface area contributed by atoms with Crippen LogP contribution in [0.4, 0.5) is 0 Å². The zero-order valence-electron chi connectivity index (χ0n) is 5.89. The molecule has 84 valence electrons. The molecule has 0 fully saturated rings. The van der Waals surface area contributed by atoms with E-state index in [-0.39, 0.29) is 35.8 Å². The first-order chi connectivity index (χ1) is 3.65. The lowest BCUT2D eigenvalue weighted by atomic mass is 10.5. The lowest BCUT2D eigenvalue weighted by Gasteiger charge is -1.80. The lowest BCUT2D eigenvalue weighted by Crippen LogP contribution is -1.85. The Morgan fingerprint density at radius 2 is 1.08 bits per heavy atom. The van der Waals surface area contributed by atoms with Gasteiger partial charge in [-0.15, -0.1) is 0 Å². The molecule has 0 saturated heterocycles. The molecule has 0 aliphatic heterocycles. The van der Waals surface area contributed by atoms with Gasteiger partial charge in [0.05, 0.1) is 0 Å². The van der Waals surface area contributed by atoms with Gasteiger partial charge in [0.15, 0.2) is 0 Å². The molecule has 0 bridgehead atoms. The van der Waals surface area contributed by atoms with Gasteiger partial charge in [-0.25, -0.2) is 0 Å². The summed E-state index contributed by atoms with van der Waals surface area (Å²) in [6, 6.07) is 0. The van der Waals surface area contributed by atoms with E-state index in [1.165, 1.54) is 0 Å². The third kappa shape index (κ3) is 933. The molecule has 0 unspecified atom stereocenters. The van der Waals surface area contributed by atoms with Gasteiger partial charge in [-0.2, -0.15) is 0 Å². The van der Waals surface area contributed by atoms with Crippen LogP contribution >= 0.6 is 0 Å². The van der Waals surface area contributed by atoms with Crippen LogP contribution in [0, 0.1) is 0 Å². The van der Waals surface area contributed by atoms with Gasteiger partial charge in [-0.3, -0.25) is 0 Å². The Hall–Kier alpha value is -0.0800. The first-order valence-corrected chi connectivity index (χ1v) is 2.94. The molecule has 0 rings (SSSR count). The summed E-state index contributed by atoms with van der Waals surface area (Å²) >= 11 is 0. The number of aliphatic hydroxyl groups is 2. The molecule has 0 saturated carbocycles. The van der Waals surface area contributed by atoms with Gasteiger partial charge in [0.2, 0.25) is 0 Å². The summed E-state index contributed by atoms with van der Waals surface area (Å²) in [4.78, 5) is 0. The quantitative estimate of drug-likeness (QED) is 0.656. The van der Waals surface area contributed by atoms with Crippen molar-refractivity contribution in [1.82, 2.24) is 0 Å². The molecule has 0 aromatic rings. The van der Waals surface area contributed by atoms with Gasteiger partial charge < -0.3 is 10.2 Å². The Morgan fingerprint density at radius 3 is 1.08 bits per heavy atom. The molecular weight excluding hydrogens is 152 g/mol. The smallest absolute Gasteiger partial charge is 0.0483 e. The molecule has 0 aromatic heterocycles. The Morgan fingerprint density at radius 1 is 1.00 bits per heavy atom. The van der Waals surface area contributed by atoms with Crippen LogP contribution < -0.4 is 0 Å². The maximum absolute atomic E-state index is 8.06. The van der Waals surface area contributed by atoms with Crippen molar-refractivity contribution >= 4 is 0 Å². The molecule has 0 atom stereocenters. The van der Waals surface area contributed by atoms with Crippen LogP contribution in [0.3, 0.4) is 0 Å². The second-order valence-corrected chi connectivity index (χ2v) is 1.82. The zero-order valence-corrected chi connectivity index (χ0v) is 5.89. The van der Waals surface area contributed by atoms with Crippen LogP contribution in [0.15, 0.2) is 0 Å².